The van der Waals surface area contributed by atoms with Gasteiger partial charge in [0.05, 0.1) is 12.7 Å². The highest BCUT2D eigenvalue weighted by molar-refractivity contribution is 6.32. The third-order valence-electron chi connectivity index (χ3n) is 7.27. The molecule has 3 aromatic rings. The van der Waals surface area contributed by atoms with Gasteiger partial charge in [0.25, 0.3) is 0 Å². The van der Waals surface area contributed by atoms with Gasteiger partial charge in [-0.3, -0.25) is 9.29 Å². The zero-order valence-electron chi connectivity index (χ0n) is 17.4. The maximum atomic E-state index is 14.6. The third-order valence-corrected chi connectivity index (χ3v) is 7.96. The van der Waals surface area contributed by atoms with Crippen molar-refractivity contribution in [2.24, 2.45) is 0 Å². The Balaban J connectivity index is 1.58. The van der Waals surface area contributed by atoms with E-state index in [1.165, 1.54) is 0 Å². The van der Waals surface area contributed by atoms with E-state index in [0.717, 1.165) is 52.4 Å². The van der Waals surface area contributed by atoms with Crippen molar-refractivity contribution in [3.05, 3.63) is 106 Å². The Kier molecular flexibility index (Phi) is 5.81. The molecule has 0 aromatic heterocycles. The van der Waals surface area contributed by atoms with Crippen LogP contribution in [-0.4, -0.2) is 23.7 Å². The first-order valence-corrected chi connectivity index (χ1v) is 11.8. The third kappa shape index (κ3) is 3.69. The topological polar surface area (TPSA) is 3.24 Å². The Hall–Kier alpha value is -1.87. The average Bonchev–Trinajstić information content (AvgIpc) is 3.06. The minimum absolute atomic E-state index is 0.0340. The molecule has 2 atom stereocenters. The maximum Gasteiger partial charge on any atom is 0.0992 e. The fourth-order valence-electron chi connectivity index (χ4n) is 5.90. The first-order valence-electron chi connectivity index (χ1n) is 11.0. The van der Waals surface area contributed by atoms with Crippen molar-refractivity contribution in [2.75, 3.05) is 6.67 Å². The molecule has 31 heavy (non-hydrogen) atoms. The van der Waals surface area contributed by atoms with E-state index in [9.17, 15) is 4.39 Å². The molecule has 0 radical (unpaired) electrons. The summed E-state index contributed by atoms with van der Waals surface area (Å²) in [5.41, 5.74) is 2.86. The molecule has 0 saturated carbocycles. The van der Waals surface area contributed by atoms with Gasteiger partial charge in [0.15, 0.2) is 0 Å². The summed E-state index contributed by atoms with van der Waals surface area (Å²) in [6, 6.07) is 26.9. The minimum atomic E-state index is -0.408. The van der Waals surface area contributed by atoms with Crippen molar-refractivity contribution in [1.82, 2.24) is 4.90 Å². The predicted octanol–water partition coefficient (Wildman–Crippen LogP) is 7.62. The number of hydrogen-bond donors (Lipinski definition) is 0. The lowest BCUT2D eigenvalue weighted by molar-refractivity contribution is 0.0467. The second-order valence-electron chi connectivity index (χ2n) is 8.97. The average molecular weight is 454 g/mol. The molecule has 2 heterocycles. The van der Waals surface area contributed by atoms with E-state index >= 15 is 0 Å². The van der Waals surface area contributed by atoms with Crippen LogP contribution >= 0.6 is 23.2 Å². The number of rotatable bonds is 5. The molecule has 4 heteroatoms. The first-order chi connectivity index (χ1) is 15.1. The van der Waals surface area contributed by atoms with Crippen LogP contribution in [0.2, 0.25) is 10.0 Å². The zero-order chi connectivity index (χ0) is 21.4. The first kappa shape index (κ1) is 21.0. The predicted molar refractivity (Wildman–Crippen MR) is 127 cm³/mol. The van der Waals surface area contributed by atoms with Crippen molar-refractivity contribution in [3.8, 4) is 0 Å². The van der Waals surface area contributed by atoms with Crippen LogP contribution in [0.5, 0.6) is 0 Å². The maximum absolute atomic E-state index is 14.6. The Morgan fingerprint density at radius 1 is 0.774 bits per heavy atom. The molecule has 2 bridgehead atoms. The molecule has 2 aliphatic heterocycles. The summed E-state index contributed by atoms with van der Waals surface area (Å²) < 4.78 is 14.6. The van der Waals surface area contributed by atoms with Gasteiger partial charge < -0.3 is 0 Å². The molecule has 2 unspecified atom stereocenters. The SMILES string of the molecule is FCC1(c2ccccc2)CC2CCC(C1)N2C(c1ccccc1Cl)c1ccccc1Cl. The lowest BCUT2D eigenvalue weighted by Gasteiger charge is -2.49. The smallest absolute Gasteiger partial charge is 0.0992 e. The van der Waals surface area contributed by atoms with E-state index < -0.39 is 5.41 Å². The van der Waals surface area contributed by atoms with Crippen LogP contribution in [0.25, 0.3) is 0 Å². The number of hydrogen-bond acceptors (Lipinski definition) is 1. The Labute approximate surface area is 193 Å². The summed E-state index contributed by atoms with van der Waals surface area (Å²) in [5.74, 6) is 0. The Morgan fingerprint density at radius 3 is 1.74 bits per heavy atom. The fourth-order valence-corrected chi connectivity index (χ4v) is 6.38. The largest absolute Gasteiger partial charge is 0.286 e. The van der Waals surface area contributed by atoms with Gasteiger partial charge in [-0.15, -0.1) is 0 Å². The van der Waals surface area contributed by atoms with Gasteiger partial charge in [-0.25, -0.2) is 0 Å². The van der Waals surface area contributed by atoms with Crippen LogP contribution < -0.4 is 0 Å². The number of alkyl halides is 1. The van der Waals surface area contributed by atoms with Gasteiger partial charge in [-0.2, -0.15) is 0 Å². The summed E-state index contributed by atoms with van der Waals surface area (Å²) in [6.07, 6.45) is 3.78. The van der Waals surface area contributed by atoms with E-state index in [1.807, 2.05) is 54.6 Å². The number of halogens is 3. The van der Waals surface area contributed by atoms with Gasteiger partial charge >= 0.3 is 0 Å². The summed E-state index contributed by atoms with van der Waals surface area (Å²) in [4.78, 5) is 2.58. The molecular weight excluding hydrogens is 428 g/mol. The van der Waals surface area contributed by atoms with Crippen molar-refractivity contribution in [2.45, 2.75) is 49.2 Å². The molecule has 2 fully saturated rings. The highest BCUT2D eigenvalue weighted by Gasteiger charge is 2.51. The molecule has 3 aromatic carbocycles. The number of nitrogens with zero attached hydrogens (tertiary/aromatic N) is 1. The zero-order valence-corrected chi connectivity index (χ0v) is 18.9. The summed E-state index contributed by atoms with van der Waals surface area (Å²) in [6.45, 7) is -0.319. The summed E-state index contributed by atoms with van der Waals surface area (Å²) >= 11 is 13.4. The van der Waals surface area contributed by atoms with E-state index in [1.54, 1.807) is 0 Å². The van der Waals surface area contributed by atoms with E-state index in [0.29, 0.717) is 0 Å². The van der Waals surface area contributed by atoms with Crippen LogP contribution in [0.3, 0.4) is 0 Å². The Bertz CT molecular complexity index is 994. The number of fused-ring (bicyclic) bond motifs is 2. The molecular formula is C27H26Cl2FN. The van der Waals surface area contributed by atoms with Crippen molar-refractivity contribution >= 4 is 23.2 Å². The van der Waals surface area contributed by atoms with E-state index in [2.05, 4.69) is 29.2 Å². The molecule has 1 nitrogen and oxygen atoms in total. The monoisotopic (exact) mass is 453 g/mol. The van der Waals surface area contributed by atoms with Crippen LogP contribution in [0.1, 0.15) is 48.4 Å². The standard InChI is InChI=1S/C27H26Cl2FN/c28-24-12-6-4-10-22(24)26(23-11-5-7-13-25(23)29)31-20-14-15-21(31)17-27(16-20,18-30)19-8-2-1-3-9-19/h1-13,20-21,26H,14-18H2. The second-order valence-corrected chi connectivity index (χ2v) is 9.78. The molecule has 0 aliphatic carbocycles. The molecule has 2 aliphatic rings. The van der Waals surface area contributed by atoms with Crippen molar-refractivity contribution in [3.63, 3.8) is 0 Å². The lowest BCUT2D eigenvalue weighted by atomic mass is 9.70. The number of piperidine rings is 1. The lowest BCUT2D eigenvalue weighted by Crippen LogP contribution is -2.52. The van der Waals surface area contributed by atoms with Gasteiger partial charge in [0, 0.05) is 27.5 Å². The second kappa shape index (κ2) is 8.58. The molecule has 5 rings (SSSR count). The number of benzene rings is 3. The highest BCUT2D eigenvalue weighted by Crippen LogP contribution is 2.52. The van der Waals surface area contributed by atoms with E-state index in [4.69, 9.17) is 23.2 Å². The molecule has 2 saturated heterocycles. The fraction of sp³-hybridized carbons (Fsp3) is 0.333. The van der Waals surface area contributed by atoms with Crippen LogP contribution in [0.4, 0.5) is 4.39 Å². The van der Waals surface area contributed by atoms with E-state index in [-0.39, 0.29) is 24.8 Å². The quantitative estimate of drug-likeness (QED) is 0.383. The van der Waals surface area contributed by atoms with Gasteiger partial charge in [-0.1, -0.05) is 89.9 Å². The van der Waals surface area contributed by atoms with Crippen LogP contribution in [0, 0.1) is 0 Å². The molecule has 0 N–H and O–H groups in total. The molecule has 160 valence electrons. The van der Waals surface area contributed by atoms with Gasteiger partial charge in [0.2, 0.25) is 0 Å². The van der Waals surface area contributed by atoms with Crippen molar-refractivity contribution in [1.29, 1.82) is 0 Å². The van der Waals surface area contributed by atoms with Crippen LogP contribution in [-0.2, 0) is 5.41 Å². The normalized spacial score (nSPS) is 25.8. The minimum Gasteiger partial charge on any atom is -0.286 e. The van der Waals surface area contributed by atoms with Crippen LogP contribution in [0.15, 0.2) is 78.9 Å². The van der Waals surface area contributed by atoms with Crippen molar-refractivity contribution < 1.29 is 4.39 Å². The summed E-state index contributed by atoms with van der Waals surface area (Å²) in [7, 11) is 0. The van der Waals surface area contributed by atoms with Gasteiger partial charge in [-0.05, 0) is 54.5 Å². The molecule has 0 amide bonds. The Morgan fingerprint density at radius 2 is 1.26 bits per heavy atom. The van der Waals surface area contributed by atoms with Gasteiger partial charge in [0.1, 0.15) is 0 Å². The molecule has 0 spiro atoms. The summed E-state index contributed by atoms with van der Waals surface area (Å²) in [5, 5.41) is 1.49. The highest BCUT2D eigenvalue weighted by atomic mass is 35.5.